The summed E-state index contributed by atoms with van der Waals surface area (Å²) in [5, 5.41) is 0. The Kier molecular flexibility index (Phi) is 8.09. The minimum Gasteiger partial charge on any atom is -1.00 e. The summed E-state index contributed by atoms with van der Waals surface area (Å²) in [5.41, 5.74) is 0. The van der Waals surface area contributed by atoms with E-state index in [1.807, 2.05) is 0 Å². The van der Waals surface area contributed by atoms with Gasteiger partial charge in [0.2, 0.25) is 0 Å². The van der Waals surface area contributed by atoms with Crippen LogP contribution in [-0.4, -0.2) is 10.00 Å². The van der Waals surface area contributed by atoms with Crippen molar-refractivity contribution in [2.75, 3.05) is 0 Å². The molecule has 2 aliphatic carbocycles. The third kappa shape index (κ3) is 3.33. The molecule has 0 unspecified atom stereocenters. The van der Waals surface area contributed by atoms with Crippen LogP contribution in [-0.2, 0) is 14.9 Å². The van der Waals surface area contributed by atoms with Gasteiger partial charge in [-0.25, -0.2) is 0 Å². The summed E-state index contributed by atoms with van der Waals surface area (Å²) in [7, 11) is 0. The molecule has 0 amide bonds. The van der Waals surface area contributed by atoms with Crippen LogP contribution in [0, 0.1) is 0 Å². The van der Waals surface area contributed by atoms with Crippen molar-refractivity contribution in [2.24, 2.45) is 0 Å². The molecule has 0 aromatic rings. The molecule has 2 aliphatic rings. The first-order valence-electron chi connectivity index (χ1n) is 6.43. The summed E-state index contributed by atoms with van der Waals surface area (Å²) < 4.78 is 5.37. The van der Waals surface area contributed by atoms with Crippen molar-refractivity contribution < 1.29 is 39.7 Å². The first-order chi connectivity index (χ1) is 8.10. The van der Waals surface area contributed by atoms with Crippen LogP contribution in [0.25, 0.3) is 0 Å². The van der Waals surface area contributed by atoms with Crippen LogP contribution in [0.15, 0.2) is 44.2 Å². The van der Waals surface area contributed by atoms with Crippen LogP contribution in [0.4, 0.5) is 0 Å². The predicted molar refractivity (Wildman–Crippen MR) is 77.5 cm³/mol. The minimum atomic E-state index is -2.08. The van der Waals surface area contributed by atoms with E-state index in [0.29, 0.717) is 0 Å². The molecule has 0 saturated heterocycles. The molecule has 0 aliphatic heterocycles. The minimum absolute atomic E-state index is 0. The van der Waals surface area contributed by atoms with Gasteiger partial charge in [0.1, 0.15) is 0 Å². The summed E-state index contributed by atoms with van der Waals surface area (Å²) in [6.07, 6.45) is 16.3. The fourth-order valence-electron chi connectivity index (χ4n) is 3.44. The quantitative estimate of drug-likeness (QED) is 0.522. The molecule has 0 radical (unpaired) electrons. The van der Waals surface area contributed by atoms with Crippen molar-refractivity contribution >= 4 is 10.00 Å². The summed E-state index contributed by atoms with van der Waals surface area (Å²) in [6.45, 7) is 9.87. The van der Waals surface area contributed by atoms with Crippen LogP contribution in [0.1, 0.15) is 26.7 Å². The van der Waals surface area contributed by atoms with Crippen LogP contribution >= 0.6 is 0 Å². The van der Waals surface area contributed by atoms with E-state index < -0.39 is 14.9 Å². The maximum Gasteiger partial charge on any atom is -1.00 e. The Hall–Kier alpha value is 0.341. The van der Waals surface area contributed by atoms with Gasteiger partial charge in [0.15, 0.2) is 0 Å². The van der Waals surface area contributed by atoms with Gasteiger partial charge in [0.05, 0.1) is 0 Å². The Balaban J connectivity index is 0.00000162. The smallest absolute Gasteiger partial charge is 1.00 e. The Labute approximate surface area is 133 Å². The van der Waals surface area contributed by atoms with Gasteiger partial charge in [-0.15, -0.1) is 0 Å². The standard InChI is InChI=1S/2C5H5.C3H6.C2H6Si.2ClH.Ti/c2*1-2-4-5-3-1;2*1-3-2;;;/h2*1-3H,4H2;2*1-2H3;2*1H;/q;;;;;;+2/p-2. The van der Waals surface area contributed by atoms with Crippen LogP contribution < -0.4 is 24.8 Å². The zero-order valence-corrected chi connectivity index (χ0v) is 16.2. The van der Waals surface area contributed by atoms with Gasteiger partial charge in [-0.1, -0.05) is 0 Å². The summed E-state index contributed by atoms with van der Waals surface area (Å²) in [6, 6.07) is 0. The molecule has 0 atom stereocenters. The van der Waals surface area contributed by atoms with Crippen molar-refractivity contribution in [3.63, 3.8) is 0 Å². The van der Waals surface area contributed by atoms with E-state index in [1.54, 1.807) is 11.6 Å². The third-order valence-corrected chi connectivity index (χ3v) is 23.8. The van der Waals surface area contributed by atoms with Crippen molar-refractivity contribution in [3.8, 4) is 0 Å². The molecule has 0 N–H and O–H groups in total. The van der Waals surface area contributed by atoms with Gasteiger partial charge in [0.25, 0.3) is 0 Å². The molecule has 0 aromatic heterocycles. The fourth-order valence-corrected chi connectivity index (χ4v) is 23.0. The number of halogens is 2. The molecule has 0 nitrogen and oxygen atoms in total. The zero-order chi connectivity index (χ0) is 12.5. The van der Waals surface area contributed by atoms with Crippen molar-refractivity contribution in [1.29, 1.82) is 0 Å². The second-order valence-corrected chi connectivity index (χ2v) is 21.1. The van der Waals surface area contributed by atoms with Gasteiger partial charge in [0, 0.05) is 0 Å². The molecule has 0 saturated carbocycles. The molecule has 19 heavy (non-hydrogen) atoms. The maximum atomic E-state index is 2.54. The number of allylic oxidation sites excluding steroid dienone is 8. The molecule has 0 heterocycles. The van der Waals surface area contributed by atoms with E-state index >= 15 is 0 Å². The number of hydrogen-bond donors (Lipinski definition) is 0. The topological polar surface area (TPSA) is 0 Å². The van der Waals surface area contributed by atoms with Gasteiger partial charge < -0.3 is 24.8 Å². The summed E-state index contributed by atoms with van der Waals surface area (Å²) in [5.74, 6) is 0. The van der Waals surface area contributed by atoms with E-state index in [0.717, 1.165) is 0 Å². The third-order valence-electron chi connectivity index (χ3n) is 4.01. The molecule has 0 bridgehead atoms. The second kappa shape index (κ2) is 7.95. The van der Waals surface area contributed by atoms with E-state index in [4.69, 9.17) is 0 Å². The van der Waals surface area contributed by atoms with Crippen molar-refractivity contribution in [2.45, 2.75) is 39.8 Å². The largest absolute Gasteiger partial charge is 1.00 e. The predicted octanol–water partition coefficient (Wildman–Crippen LogP) is -1.70. The summed E-state index contributed by atoms with van der Waals surface area (Å²) >= 11 is -2.08. The van der Waals surface area contributed by atoms with Gasteiger partial charge in [-0.05, 0) is 0 Å². The van der Waals surface area contributed by atoms with E-state index in [-0.39, 0.29) is 31.0 Å². The van der Waals surface area contributed by atoms with Crippen molar-refractivity contribution in [3.05, 3.63) is 44.2 Å². The SMILES string of the molecule is C[C](C)=[Ti+2]([C]1=CC=CC1)([C]1=CC=CC1)=[Si](C)C.[Cl-].[Cl-]. The molecular formula is C15H22Cl2SiTi. The van der Waals surface area contributed by atoms with Gasteiger partial charge in [-0.3, -0.25) is 0 Å². The van der Waals surface area contributed by atoms with Gasteiger partial charge in [-0.2, -0.15) is 0 Å². The average molecular weight is 349 g/mol. The Morgan fingerprint density at radius 1 is 0.947 bits per heavy atom. The number of hydrogen-bond acceptors (Lipinski definition) is 0. The molecule has 2 rings (SSSR count). The van der Waals surface area contributed by atoms with E-state index in [9.17, 15) is 0 Å². The molecular weight excluding hydrogens is 327 g/mol. The normalized spacial score (nSPS) is 14.7. The average Bonchev–Trinajstić information content (AvgIpc) is 2.88. The van der Waals surface area contributed by atoms with Crippen LogP contribution in [0.5, 0.6) is 0 Å². The number of rotatable bonds is 2. The maximum absolute atomic E-state index is 2.54. The first-order valence-corrected chi connectivity index (χ1v) is 13.6. The Morgan fingerprint density at radius 2 is 1.37 bits per heavy atom. The van der Waals surface area contributed by atoms with Crippen LogP contribution in [0.2, 0.25) is 13.1 Å². The van der Waals surface area contributed by atoms with E-state index in [2.05, 4.69) is 63.4 Å². The first kappa shape index (κ1) is 19.3. The van der Waals surface area contributed by atoms with E-state index in [1.165, 1.54) is 12.8 Å². The molecule has 0 aromatic carbocycles. The molecule has 104 valence electrons. The zero-order valence-electron chi connectivity index (χ0n) is 12.1. The molecule has 0 spiro atoms. The Bertz CT molecular complexity index is 519. The monoisotopic (exact) mass is 348 g/mol. The molecule has 0 fully saturated rings. The molecule has 4 heteroatoms. The van der Waals surface area contributed by atoms with Gasteiger partial charge >= 0.3 is 109 Å². The fraction of sp³-hybridized carbons (Fsp3) is 0.400. The Morgan fingerprint density at radius 3 is 1.58 bits per heavy atom. The van der Waals surface area contributed by atoms with Crippen LogP contribution in [0.3, 0.4) is 0 Å². The van der Waals surface area contributed by atoms with Crippen molar-refractivity contribution in [1.82, 2.24) is 0 Å². The second-order valence-electron chi connectivity index (χ2n) is 5.40. The summed E-state index contributed by atoms with van der Waals surface area (Å²) in [4.78, 5) is 0.